The van der Waals surface area contributed by atoms with Crippen molar-refractivity contribution < 1.29 is 66.2 Å². The second-order valence-electron chi connectivity index (χ2n) is 12.0. The van der Waals surface area contributed by atoms with Gasteiger partial charge in [-0.3, -0.25) is 4.79 Å². The van der Waals surface area contributed by atoms with Crippen LogP contribution in [0.15, 0.2) is 54.3 Å². The molecule has 0 amide bonds. The van der Waals surface area contributed by atoms with Crippen LogP contribution in [-0.2, 0) is 45.2 Å². The van der Waals surface area contributed by atoms with Gasteiger partial charge in [-0.15, -0.1) is 0 Å². The number of rotatable bonds is 7. The molecule has 258 valence electrons. The molecule has 2 unspecified atom stereocenters. The largest absolute Gasteiger partial charge is 0.493 e. The number of carbonyl (C=O) groups excluding carboxylic acids is 3. The number of hydrogen-bond donors (Lipinski definition) is 2. The Labute approximate surface area is 273 Å². The number of aliphatic hydroxyl groups is 1. The summed E-state index contributed by atoms with van der Waals surface area (Å²) in [5.41, 5.74) is 0.437. The molecule has 2 N–H and O–H groups in total. The summed E-state index contributed by atoms with van der Waals surface area (Å²) < 4.78 is 60.3. The van der Waals surface area contributed by atoms with E-state index in [1.54, 1.807) is 43.5 Å². The minimum Gasteiger partial charge on any atom is -0.493 e. The number of piperidine rings is 1. The van der Waals surface area contributed by atoms with Gasteiger partial charge >= 0.3 is 30.1 Å². The quantitative estimate of drug-likeness (QED) is 0.326. The van der Waals surface area contributed by atoms with E-state index in [0.717, 1.165) is 17.7 Å². The van der Waals surface area contributed by atoms with E-state index in [4.69, 9.17) is 33.6 Å². The molecule has 0 aromatic heterocycles. The highest BCUT2D eigenvalue weighted by Gasteiger charge is 2.72. The second-order valence-corrected chi connectivity index (χ2v) is 12.0. The van der Waals surface area contributed by atoms with Crippen LogP contribution in [-0.4, -0.2) is 89.7 Å². The first-order chi connectivity index (χ1) is 22.5. The molecule has 6 rings (SSSR count). The fraction of sp³-hybridized carbons (Fsp3) is 0.455. The Balaban J connectivity index is 0.000000582. The Morgan fingerprint density at radius 1 is 1.06 bits per heavy atom. The molecule has 2 aromatic carbocycles. The molecule has 2 aromatic rings. The van der Waals surface area contributed by atoms with Crippen LogP contribution >= 0.6 is 0 Å². The van der Waals surface area contributed by atoms with Crippen molar-refractivity contribution in [2.45, 2.75) is 74.7 Å². The normalized spacial score (nSPS) is 26.2. The van der Waals surface area contributed by atoms with Crippen molar-refractivity contribution >= 4 is 23.9 Å². The zero-order chi connectivity index (χ0) is 35.2. The molecule has 1 fully saturated rings. The minimum absolute atomic E-state index is 0.140. The zero-order valence-corrected chi connectivity index (χ0v) is 26.4. The van der Waals surface area contributed by atoms with Crippen LogP contribution in [0, 0.1) is 0 Å². The topological polar surface area (TPSA) is 158 Å². The molecule has 6 atom stereocenters. The number of carbonyl (C=O) groups is 4. The Hall–Kier alpha value is -4.63. The van der Waals surface area contributed by atoms with Crippen LogP contribution in [0.1, 0.15) is 49.5 Å². The van der Waals surface area contributed by atoms with Gasteiger partial charge in [-0.25, -0.2) is 14.4 Å². The lowest BCUT2D eigenvalue weighted by Gasteiger charge is -2.61. The number of nitrogens with zero attached hydrogens (tertiary/aromatic N) is 1. The summed E-state index contributed by atoms with van der Waals surface area (Å²) >= 11 is 0. The lowest BCUT2D eigenvalue weighted by molar-refractivity contribution is -0.192. The highest BCUT2D eigenvalue weighted by molar-refractivity contribution is 5.84. The predicted molar refractivity (Wildman–Crippen MR) is 158 cm³/mol. The Kier molecular flexibility index (Phi) is 9.23. The summed E-state index contributed by atoms with van der Waals surface area (Å²) in [6.45, 7) is 3.32. The molecule has 0 radical (unpaired) electrons. The van der Waals surface area contributed by atoms with Crippen LogP contribution in [0.2, 0.25) is 0 Å². The Bertz CT molecular complexity index is 1650. The summed E-state index contributed by atoms with van der Waals surface area (Å²) in [5.74, 6) is -3.76. The Morgan fingerprint density at radius 3 is 2.33 bits per heavy atom. The fourth-order valence-corrected chi connectivity index (χ4v) is 7.12. The number of alkyl halides is 3. The number of carboxylic acids is 1. The molecule has 4 aliphatic rings. The number of esters is 3. The molecule has 12 nitrogen and oxygen atoms in total. The van der Waals surface area contributed by atoms with Crippen LogP contribution in [0.25, 0.3) is 0 Å². The van der Waals surface area contributed by atoms with Crippen LogP contribution < -0.4 is 9.47 Å². The number of hydrogen-bond acceptors (Lipinski definition) is 11. The molecule has 2 aliphatic carbocycles. The van der Waals surface area contributed by atoms with Gasteiger partial charge < -0.3 is 38.8 Å². The number of methoxy groups -OCH3 is 1. The van der Waals surface area contributed by atoms with Crippen LogP contribution in [0.5, 0.6) is 11.5 Å². The molecule has 48 heavy (non-hydrogen) atoms. The first kappa shape index (κ1) is 34.7. The van der Waals surface area contributed by atoms with E-state index < -0.39 is 59.4 Å². The van der Waals surface area contributed by atoms with E-state index in [1.165, 1.54) is 13.8 Å². The summed E-state index contributed by atoms with van der Waals surface area (Å²) in [5, 5.41) is 19.4. The first-order valence-electron chi connectivity index (χ1n) is 15.0. The molecule has 15 heteroatoms. The number of carboxylic acid groups (broad SMARTS) is 1. The number of aliphatic carboxylic acids is 1. The number of likely N-dealkylation sites (N-methyl/N-ethyl adjacent to an activating group) is 1. The number of benzene rings is 2. The van der Waals surface area contributed by atoms with E-state index in [-0.39, 0.29) is 18.2 Å². The Morgan fingerprint density at radius 2 is 1.73 bits per heavy atom. The smallest absolute Gasteiger partial charge is 0.490 e. The molecule has 0 saturated carbocycles. The third-order valence-corrected chi connectivity index (χ3v) is 9.24. The molecule has 1 spiro atoms. The van der Waals surface area contributed by atoms with Gasteiger partial charge in [-0.2, -0.15) is 13.2 Å². The minimum atomic E-state index is -5.08. The fourth-order valence-electron chi connectivity index (χ4n) is 7.12. The monoisotopic (exact) mass is 677 g/mol. The third kappa shape index (κ3) is 5.85. The molecule has 2 bridgehead atoms. The summed E-state index contributed by atoms with van der Waals surface area (Å²) in [4.78, 5) is 49.0. The lowest BCUT2D eigenvalue weighted by atomic mass is 9.50. The summed E-state index contributed by atoms with van der Waals surface area (Å²) in [7, 11) is 3.59. The number of likely N-dealkylation sites (tertiary alicyclic amines) is 1. The van der Waals surface area contributed by atoms with Crippen molar-refractivity contribution in [3.05, 3.63) is 71.0 Å². The van der Waals surface area contributed by atoms with Crippen molar-refractivity contribution in [1.82, 2.24) is 4.90 Å². The molecular weight excluding hydrogens is 643 g/mol. The molecule has 2 heterocycles. The average Bonchev–Trinajstić information content (AvgIpc) is 3.39. The van der Waals surface area contributed by atoms with E-state index in [9.17, 15) is 32.7 Å². The third-order valence-electron chi connectivity index (χ3n) is 9.24. The van der Waals surface area contributed by atoms with Crippen LogP contribution in [0.4, 0.5) is 13.2 Å². The summed E-state index contributed by atoms with van der Waals surface area (Å²) in [6, 6.07) is 12.2. The van der Waals surface area contributed by atoms with Gasteiger partial charge in [0.2, 0.25) is 6.10 Å². The standard InChI is InChI=1S/C31H33NO9.C2HF3O2/c1-17(38-29(35)25(39-18(2)33)19-8-6-5-7-9-19)28(34)40-22-12-13-31(36)23-16-20-10-11-21(37-4)26-24(20)30(31,27(22)41-26)14-15-32(23)3;3-2(4,5)1(6)7/h5-12,17,23,25,27,36H,13-16H2,1-4H3;(H,6,7)/t17?,23-,25?,27+,30+,31-;/m1./s1. The maximum Gasteiger partial charge on any atom is 0.490 e. The molecular formula is C33H34F3NO11. The van der Waals surface area contributed by atoms with Crippen molar-refractivity contribution in [1.29, 1.82) is 0 Å². The molecule has 2 aliphatic heterocycles. The van der Waals surface area contributed by atoms with E-state index in [0.29, 0.717) is 29.9 Å². The van der Waals surface area contributed by atoms with Gasteiger partial charge in [-0.05, 0) is 51.1 Å². The van der Waals surface area contributed by atoms with Gasteiger partial charge in [0, 0.05) is 30.5 Å². The van der Waals surface area contributed by atoms with Gasteiger partial charge in [0.1, 0.15) is 5.76 Å². The first-order valence-corrected chi connectivity index (χ1v) is 15.0. The van der Waals surface area contributed by atoms with Crippen LogP contribution in [0.3, 0.4) is 0 Å². The zero-order valence-electron chi connectivity index (χ0n) is 26.4. The van der Waals surface area contributed by atoms with E-state index >= 15 is 0 Å². The van der Waals surface area contributed by atoms with Gasteiger partial charge in [0.25, 0.3) is 0 Å². The number of ether oxygens (including phenoxy) is 5. The maximum absolute atomic E-state index is 13.3. The van der Waals surface area contributed by atoms with Crippen molar-refractivity contribution in [3.63, 3.8) is 0 Å². The van der Waals surface area contributed by atoms with Gasteiger partial charge in [0.05, 0.1) is 18.1 Å². The van der Waals surface area contributed by atoms with Crippen molar-refractivity contribution in [3.8, 4) is 11.5 Å². The highest BCUT2D eigenvalue weighted by Crippen LogP contribution is 2.65. The second kappa shape index (κ2) is 12.8. The highest BCUT2D eigenvalue weighted by atomic mass is 19.4. The molecule has 1 saturated heterocycles. The van der Waals surface area contributed by atoms with Gasteiger partial charge in [-0.1, -0.05) is 36.4 Å². The van der Waals surface area contributed by atoms with Gasteiger partial charge in [0.15, 0.2) is 23.7 Å². The van der Waals surface area contributed by atoms with Crippen molar-refractivity contribution in [2.24, 2.45) is 0 Å². The average molecular weight is 678 g/mol. The lowest BCUT2D eigenvalue weighted by Crippen LogP contribution is -2.74. The summed E-state index contributed by atoms with van der Waals surface area (Å²) in [6.07, 6.45) is -5.27. The van der Waals surface area contributed by atoms with Crippen molar-refractivity contribution in [2.75, 3.05) is 20.7 Å². The predicted octanol–water partition coefficient (Wildman–Crippen LogP) is 3.39. The number of halogens is 3. The maximum atomic E-state index is 13.3. The van der Waals surface area contributed by atoms with E-state index in [1.807, 2.05) is 19.2 Å². The SMILES string of the molecule is COc1ccc2c3c1O[C@H]1C(OC(=O)C(C)OC(=O)C(OC(C)=O)c4ccccc4)=CC[C@@]4(O)[C@@H](C2)N(C)CC[C@]314.O=C(O)C(F)(F)F. The van der Waals surface area contributed by atoms with E-state index in [2.05, 4.69) is 4.90 Å².